The Hall–Kier alpha value is -2.37. The molecule has 0 saturated heterocycles. The standard InChI is InChI=1S/C17H15Cl2N3O2/c1-20-9-12-5-2-3-8-16(12)24-11-17(23)22-21-10-13-14(18)6-4-7-15(13)19/h2-10H,11H2,1H3,(H,22,23). The molecule has 0 unspecified atom stereocenters. The van der Waals surface area contributed by atoms with Crippen molar-refractivity contribution in [3.05, 3.63) is 63.6 Å². The van der Waals surface area contributed by atoms with Crippen molar-refractivity contribution in [2.75, 3.05) is 13.7 Å². The molecule has 0 aliphatic rings. The quantitative estimate of drug-likeness (QED) is 0.629. The first-order chi connectivity index (χ1) is 11.6. The summed E-state index contributed by atoms with van der Waals surface area (Å²) >= 11 is 12.0. The van der Waals surface area contributed by atoms with Crippen LogP contribution in [0, 0.1) is 0 Å². The molecule has 0 fully saturated rings. The van der Waals surface area contributed by atoms with Gasteiger partial charge in [0.25, 0.3) is 5.91 Å². The molecule has 1 amide bonds. The highest BCUT2D eigenvalue weighted by atomic mass is 35.5. The van der Waals surface area contributed by atoms with Gasteiger partial charge in [0.2, 0.25) is 0 Å². The van der Waals surface area contributed by atoms with E-state index < -0.39 is 5.91 Å². The Labute approximate surface area is 150 Å². The van der Waals surface area contributed by atoms with Crippen LogP contribution in [0.3, 0.4) is 0 Å². The Morgan fingerprint density at radius 3 is 2.54 bits per heavy atom. The van der Waals surface area contributed by atoms with Gasteiger partial charge in [-0.25, -0.2) is 5.43 Å². The first kappa shape index (κ1) is 18.0. The molecule has 124 valence electrons. The van der Waals surface area contributed by atoms with Crippen molar-refractivity contribution in [2.45, 2.75) is 0 Å². The maximum absolute atomic E-state index is 11.8. The SMILES string of the molecule is CN=Cc1ccccc1OCC(=O)NN=Cc1c(Cl)cccc1Cl. The van der Waals surface area contributed by atoms with Gasteiger partial charge in [0, 0.05) is 24.4 Å². The Bertz CT molecular complexity index is 756. The molecule has 0 aliphatic heterocycles. The van der Waals surface area contributed by atoms with E-state index in [9.17, 15) is 4.79 Å². The van der Waals surface area contributed by atoms with Crippen LogP contribution < -0.4 is 10.2 Å². The Morgan fingerprint density at radius 2 is 1.83 bits per heavy atom. The molecule has 0 bridgehead atoms. The molecular formula is C17H15Cl2N3O2. The molecule has 0 radical (unpaired) electrons. The van der Waals surface area contributed by atoms with E-state index >= 15 is 0 Å². The van der Waals surface area contributed by atoms with E-state index in [1.54, 1.807) is 37.5 Å². The van der Waals surface area contributed by atoms with Crippen molar-refractivity contribution >= 4 is 41.5 Å². The van der Waals surface area contributed by atoms with E-state index in [1.807, 2.05) is 18.2 Å². The second-order valence-electron chi connectivity index (χ2n) is 4.64. The molecular weight excluding hydrogens is 349 g/mol. The summed E-state index contributed by atoms with van der Waals surface area (Å²) in [6, 6.07) is 12.4. The van der Waals surface area contributed by atoms with E-state index in [4.69, 9.17) is 27.9 Å². The van der Waals surface area contributed by atoms with Crippen LogP contribution >= 0.6 is 23.2 Å². The first-order valence-electron chi connectivity index (χ1n) is 7.01. The summed E-state index contributed by atoms with van der Waals surface area (Å²) in [6.07, 6.45) is 3.05. The molecule has 2 aromatic carbocycles. The van der Waals surface area contributed by atoms with Gasteiger partial charge in [0.05, 0.1) is 16.3 Å². The summed E-state index contributed by atoms with van der Waals surface area (Å²) in [5.74, 6) is 0.161. The van der Waals surface area contributed by atoms with E-state index in [-0.39, 0.29) is 6.61 Å². The van der Waals surface area contributed by atoms with Gasteiger partial charge in [0.15, 0.2) is 6.61 Å². The predicted octanol–water partition coefficient (Wildman–Crippen LogP) is 3.57. The van der Waals surface area contributed by atoms with Gasteiger partial charge in [-0.3, -0.25) is 9.79 Å². The third kappa shape index (κ3) is 5.08. The molecule has 5 nitrogen and oxygen atoms in total. The van der Waals surface area contributed by atoms with Crippen molar-refractivity contribution in [1.82, 2.24) is 5.43 Å². The van der Waals surface area contributed by atoms with Crippen LogP contribution in [0.25, 0.3) is 0 Å². The fourth-order valence-electron chi connectivity index (χ4n) is 1.84. The van der Waals surface area contributed by atoms with Gasteiger partial charge in [0.1, 0.15) is 5.75 Å². The summed E-state index contributed by atoms with van der Waals surface area (Å²) in [4.78, 5) is 15.7. The molecule has 0 heterocycles. The van der Waals surface area contributed by atoms with Crippen molar-refractivity contribution in [2.24, 2.45) is 10.1 Å². The van der Waals surface area contributed by atoms with Gasteiger partial charge in [-0.05, 0) is 24.3 Å². The van der Waals surface area contributed by atoms with Crippen LogP contribution in [0.4, 0.5) is 0 Å². The zero-order valence-corrected chi connectivity index (χ0v) is 14.4. The van der Waals surface area contributed by atoms with Gasteiger partial charge in [-0.15, -0.1) is 0 Å². The van der Waals surface area contributed by atoms with E-state index in [2.05, 4.69) is 15.5 Å². The van der Waals surface area contributed by atoms with E-state index in [1.165, 1.54) is 6.21 Å². The number of amides is 1. The number of hydrogen-bond acceptors (Lipinski definition) is 4. The summed E-state index contributed by atoms with van der Waals surface area (Å²) in [5.41, 5.74) is 3.69. The normalized spacial score (nSPS) is 11.1. The summed E-state index contributed by atoms with van der Waals surface area (Å²) in [6.45, 7) is -0.178. The van der Waals surface area contributed by atoms with Crippen LogP contribution in [0.15, 0.2) is 52.6 Å². The highest BCUT2D eigenvalue weighted by Crippen LogP contribution is 2.22. The lowest BCUT2D eigenvalue weighted by molar-refractivity contribution is -0.123. The number of halogens is 2. The number of carbonyl (C=O) groups is 1. The number of ether oxygens (including phenoxy) is 1. The second-order valence-corrected chi connectivity index (χ2v) is 5.46. The Morgan fingerprint density at radius 1 is 1.12 bits per heavy atom. The maximum atomic E-state index is 11.8. The molecule has 0 spiro atoms. The molecule has 0 aliphatic carbocycles. The average molecular weight is 364 g/mol. The molecule has 0 saturated carbocycles. The number of nitrogens with one attached hydrogen (secondary N) is 1. The first-order valence-corrected chi connectivity index (χ1v) is 7.77. The zero-order chi connectivity index (χ0) is 17.4. The average Bonchev–Trinajstić information content (AvgIpc) is 2.57. The summed E-state index contributed by atoms with van der Waals surface area (Å²) < 4.78 is 5.47. The van der Waals surface area contributed by atoms with Crippen LogP contribution in [-0.4, -0.2) is 32.0 Å². The lowest BCUT2D eigenvalue weighted by Crippen LogP contribution is -2.24. The minimum Gasteiger partial charge on any atom is -0.483 e. The second kappa shape index (κ2) is 9.05. The number of carbonyl (C=O) groups excluding carboxylic acids is 1. The minimum absolute atomic E-state index is 0.178. The number of para-hydroxylation sites is 1. The molecule has 2 aromatic rings. The lowest BCUT2D eigenvalue weighted by Gasteiger charge is -2.07. The van der Waals surface area contributed by atoms with Crippen molar-refractivity contribution < 1.29 is 9.53 Å². The summed E-state index contributed by atoms with van der Waals surface area (Å²) in [7, 11) is 1.66. The lowest BCUT2D eigenvalue weighted by atomic mass is 10.2. The molecule has 1 N–H and O–H groups in total. The third-order valence-corrected chi connectivity index (χ3v) is 3.59. The fraction of sp³-hybridized carbons (Fsp3) is 0.118. The highest BCUT2D eigenvalue weighted by molar-refractivity contribution is 6.38. The van der Waals surface area contributed by atoms with Crippen LogP contribution in [0.1, 0.15) is 11.1 Å². The van der Waals surface area contributed by atoms with Gasteiger partial charge in [-0.2, -0.15) is 5.10 Å². The minimum atomic E-state index is -0.405. The van der Waals surface area contributed by atoms with Gasteiger partial charge < -0.3 is 4.74 Å². The monoisotopic (exact) mass is 363 g/mol. The van der Waals surface area contributed by atoms with Crippen molar-refractivity contribution in [1.29, 1.82) is 0 Å². The Balaban J connectivity index is 1.92. The predicted molar refractivity (Wildman–Crippen MR) is 97.7 cm³/mol. The molecule has 0 aromatic heterocycles. The number of hydrazone groups is 1. The van der Waals surface area contributed by atoms with E-state index in [0.717, 1.165) is 5.56 Å². The van der Waals surface area contributed by atoms with Crippen LogP contribution in [0.5, 0.6) is 5.75 Å². The summed E-state index contributed by atoms with van der Waals surface area (Å²) in [5, 5.41) is 4.73. The smallest absolute Gasteiger partial charge is 0.277 e. The topological polar surface area (TPSA) is 63.0 Å². The third-order valence-electron chi connectivity index (χ3n) is 2.93. The van der Waals surface area contributed by atoms with Gasteiger partial charge in [-0.1, -0.05) is 41.4 Å². The van der Waals surface area contributed by atoms with Crippen LogP contribution in [-0.2, 0) is 4.79 Å². The number of hydrogen-bond donors (Lipinski definition) is 1. The van der Waals surface area contributed by atoms with Crippen molar-refractivity contribution in [3.8, 4) is 5.75 Å². The van der Waals surface area contributed by atoms with Crippen LogP contribution in [0.2, 0.25) is 10.0 Å². The number of aliphatic imine (C=N–C) groups is 1. The maximum Gasteiger partial charge on any atom is 0.277 e. The molecule has 24 heavy (non-hydrogen) atoms. The van der Waals surface area contributed by atoms with Gasteiger partial charge >= 0.3 is 0 Å². The van der Waals surface area contributed by atoms with Crippen molar-refractivity contribution in [3.63, 3.8) is 0 Å². The zero-order valence-electron chi connectivity index (χ0n) is 12.9. The molecule has 0 atom stereocenters. The molecule has 2 rings (SSSR count). The fourth-order valence-corrected chi connectivity index (χ4v) is 2.33. The Kier molecular flexibility index (Phi) is 6.78. The largest absolute Gasteiger partial charge is 0.483 e. The number of rotatable bonds is 6. The number of nitrogens with zero attached hydrogens (tertiary/aromatic N) is 2. The molecule has 7 heteroatoms. The highest BCUT2D eigenvalue weighted by Gasteiger charge is 2.05. The number of benzene rings is 2. The van der Waals surface area contributed by atoms with E-state index in [0.29, 0.717) is 21.4 Å².